The number of nitrogens with zero attached hydrogens (tertiary/aromatic N) is 3. The van der Waals surface area contributed by atoms with Gasteiger partial charge in [0.05, 0.1) is 17.3 Å². The Morgan fingerprint density at radius 1 is 1.24 bits per heavy atom. The molecule has 0 saturated carbocycles. The summed E-state index contributed by atoms with van der Waals surface area (Å²) in [5.74, 6) is -1.96. The molecule has 29 heavy (non-hydrogen) atoms. The monoisotopic (exact) mass is 432 g/mol. The van der Waals surface area contributed by atoms with Crippen LogP contribution >= 0.6 is 11.6 Å². The van der Waals surface area contributed by atoms with Crippen LogP contribution in [0.1, 0.15) is 13.3 Å². The number of anilines is 2. The highest BCUT2D eigenvalue weighted by Crippen LogP contribution is 2.31. The third-order valence-corrected chi connectivity index (χ3v) is 5.57. The van der Waals surface area contributed by atoms with Crippen molar-refractivity contribution in [2.45, 2.75) is 19.5 Å². The van der Waals surface area contributed by atoms with Gasteiger partial charge in [-0.1, -0.05) is 18.5 Å². The lowest BCUT2D eigenvalue weighted by molar-refractivity contribution is -0.157. The molecule has 0 aliphatic carbocycles. The topological polar surface area (TPSA) is 55.9 Å². The zero-order chi connectivity index (χ0) is 21.2. The first-order valence-corrected chi connectivity index (χ1v) is 9.96. The predicted molar refractivity (Wildman–Crippen MR) is 105 cm³/mol. The van der Waals surface area contributed by atoms with E-state index in [1.54, 1.807) is 12.1 Å². The highest BCUT2D eigenvalue weighted by molar-refractivity contribution is 6.31. The minimum Gasteiger partial charge on any atom is -0.367 e. The molecule has 1 aromatic rings. The second kappa shape index (κ2) is 8.79. The molecule has 0 aromatic heterocycles. The van der Waals surface area contributed by atoms with Crippen molar-refractivity contribution in [1.82, 2.24) is 9.80 Å². The van der Waals surface area contributed by atoms with Crippen molar-refractivity contribution in [3.05, 3.63) is 23.2 Å². The molecule has 2 fully saturated rings. The number of likely N-dealkylation sites (N-methyl/N-ethyl adjacent to an activating group) is 1. The van der Waals surface area contributed by atoms with Crippen molar-refractivity contribution >= 4 is 34.8 Å². The van der Waals surface area contributed by atoms with Crippen LogP contribution in [0.15, 0.2) is 18.2 Å². The summed E-state index contributed by atoms with van der Waals surface area (Å²) in [5.41, 5.74) is 1.32. The Labute approximate surface area is 172 Å². The van der Waals surface area contributed by atoms with E-state index in [4.69, 9.17) is 11.6 Å². The van der Waals surface area contributed by atoms with Crippen LogP contribution < -0.4 is 10.2 Å². The summed E-state index contributed by atoms with van der Waals surface area (Å²) in [6.45, 7) is 4.89. The van der Waals surface area contributed by atoms with E-state index in [1.165, 1.54) is 0 Å². The van der Waals surface area contributed by atoms with Gasteiger partial charge < -0.3 is 20.0 Å². The molecule has 1 atom stereocenters. The van der Waals surface area contributed by atoms with Crippen molar-refractivity contribution < 1.29 is 22.8 Å². The lowest BCUT2D eigenvalue weighted by atomic mass is 10.1. The van der Waals surface area contributed by atoms with Crippen LogP contribution in [0.4, 0.5) is 24.5 Å². The van der Waals surface area contributed by atoms with Gasteiger partial charge in [-0.05, 0) is 24.7 Å². The highest BCUT2D eigenvalue weighted by Gasteiger charge is 2.40. The standard InChI is InChI=1S/C19H24ClF3N4O2/c1-2-25-5-7-26(8-6-25)16-4-3-14(20)10-15(16)24-18(29)13-9-17(28)27(11-13)12-19(21,22)23/h3-4,10,13H,2,5-9,11-12H2,1H3,(H,24,29). The van der Waals surface area contributed by atoms with Gasteiger partial charge in [0, 0.05) is 44.2 Å². The zero-order valence-corrected chi connectivity index (χ0v) is 16.9. The van der Waals surface area contributed by atoms with E-state index in [1.807, 2.05) is 6.07 Å². The first-order valence-electron chi connectivity index (χ1n) is 9.58. The number of carbonyl (C=O) groups excluding carboxylic acids is 2. The summed E-state index contributed by atoms with van der Waals surface area (Å²) >= 11 is 6.10. The predicted octanol–water partition coefficient (Wildman–Crippen LogP) is 2.83. The zero-order valence-electron chi connectivity index (χ0n) is 16.1. The van der Waals surface area contributed by atoms with Crippen molar-refractivity contribution in [2.24, 2.45) is 5.92 Å². The van der Waals surface area contributed by atoms with Gasteiger partial charge in [0.2, 0.25) is 11.8 Å². The smallest absolute Gasteiger partial charge is 0.367 e. The van der Waals surface area contributed by atoms with E-state index >= 15 is 0 Å². The fourth-order valence-corrected chi connectivity index (χ4v) is 3.91. The number of benzene rings is 1. The number of hydrogen-bond donors (Lipinski definition) is 1. The molecule has 2 aliphatic heterocycles. The Bertz CT molecular complexity index is 766. The van der Waals surface area contributed by atoms with Gasteiger partial charge in [-0.25, -0.2) is 0 Å². The second-order valence-corrected chi connectivity index (χ2v) is 7.80. The van der Waals surface area contributed by atoms with E-state index in [0.29, 0.717) is 15.6 Å². The summed E-state index contributed by atoms with van der Waals surface area (Å²) in [6.07, 6.45) is -4.71. The Hall–Kier alpha value is -2.00. The third-order valence-electron chi connectivity index (χ3n) is 5.33. The number of alkyl halides is 3. The maximum absolute atomic E-state index is 12.7. The molecular formula is C19H24ClF3N4O2. The lowest BCUT2D eigenvalue weighted by Gasteiger charge is -2.36. The van der Waals surface area contributed by atoms with E-state index in [2.05, 4.69) is 22.0 Å². The molecule has 10 heteroatoms. The van der Waals surface area contributed by atoms with Crippen molar-refractivity contribution in [3.63, 3.8) is 0 Å². The maximum atomic E-state index is 12.7. The van der Waals surface area contributed by atoms with Gasteiger partial charge in [0.15, 0.2) is 0 Å². The Morgan fingerprint density at radius 3 is 2.55 bits per heavy atom. The number of piperazine rings is 1. The van der Waals surface area contributed by atoms with Crippen molar-refractivity contribution in [2.75, 3.05) is 56.0 Å². The van der Waals surface area contributed by atoms with Crippen molar-refractivity contribution in [3.8, 4) is 0 Å². The first-order chi connectivity index (χ1) is 13.7. The molecule has 3 rings (SSSR count). The number of amides is 2. The quantitative estimate of drug-likeness (QED) is 0.777. The van der Waals surface area contributed by atoms with Crippen LogP contribution in [0.3, 0.4) is 0 Å². The fourth-order valence-electron chi connectivity index (χ4n) is 3.74. The molecule has 2 saturated heterocycles. The molecule has 2 heterocycles. The van der Waals surface area contributed by atoms with Gasteiger partial charge in [-0.2, -0.15) is 13.2 Å². The molecule has 2 aliphatic rings. The van der Waals surface area contributed by atoms with Crippen LogP contribution in [-0.2, 0) is 9.59 Å². The van der Waals surface area contributed by atoms with Gasteiger partial charge in [0.25, 0.3) is 0 Å². The molecule has 2 amide bonds. The maximum Gasteiger partial charge on any atom is 0.406 e. The number of carbonyl (C=O) groups is 2. The number of likely N-dealkylation sites (tertiary alicyclic amines) is 1. The number of rotatable bonds is 5. The SMILES string of the molecule is CCN1CCN(c2ccc(Cl)cc2NC(=O)C2CC(=O)N(CC(F)(F)F)C2)CC1. The summed E-state index contributed by atoms with van der Waals surface area (Å²) < 4.78 is 37.8. The summed E-state index contributed by atoms with van der Waals surface area (Å²) in [4.78, 5) is 29.7. The highest BCUT2D eigenvalue weighted by atomic mass is 35.5. The Morgan fingerprint density at radius 2 is 1.93 bits per heavy atom. The van der Waals surface area contributed by atoms with Crippen molar-refractivity contribution in [1.29, 1.82) is 0 Å². The lowest BCUT2D eigenvalue weighted by Crippen LogP contribution is -2.46. The first kappa shape index (κ1) is 21.7. The van der Waals surface area contributed by atoms with E-state index in [-0.39, 0.29) is 13.0 Å². The summed E-state index contributed by atoms with van der Waals surface area (Å²) in [6, 6.07) is 5.20. The molecule has 6 nitrogen and oxygen atoms in total. The average molecular weight is 433 g/mol. The van der Waals surface area contributed by atoms with Gasteiger partial charge in [0.1, 0.15) is 6.54 Å². The van der Waals surface area contributed by atoms with E-state index < -0.39 is 30.5 Å². The molecule has 1 unspecified atom stereocenters. The van der Waals surface area contributed by atoms with Crippen LogP contribution in [0.25, 0.3) is 0 Å². The molecule has 0 radical (unpaired) electrons. The average Bonchev–Trinajstić information content (AvgIpc) is 3.01. The minimum absolute atomic E-state index is 0.229. The van der Waals surface area contributed by atoms with Crippen LogP contribution in [0.5, 0.6) is 0 Å². The minimum atomic E-state index is -4.48. The largest absolute Gasteiger partial charge is 0.406 e. The summed E-state index contributed by atoms with van der Waals surface area (Å²) in [5, 5.41) is 3.22. The molecular weight excluding hydrogens is 409 g/mol. The number of nitrogens with one attached hydrogen (secondary N) is 1. The number of hydrogen-bond acceptors (Lipinski definition) is 4. The normalized spacial score (nSPS) is 21.0. The van der Waals surface area contributed by atoms with Gasteiger partial charge in [-0.15, -0.1) is 0 Å². The van der Waals surface area contributed by atoms with E-state index in [0.717, 1.165) is 38.4 Å². The molecule has 0 bridgehead atoms. The van der Waals surface area contributed by atoms with E-state index in [9.17, 15) is 22.8 Å². The molecule has 1 aromatic carbocycles. The van der Waals surface area contributed by atoms with Crippen LogP contribution in [-0.4, -0.2) is 73.6 Å². The third kappa shape index (κ3) is 5.54. The van der Waals surface area contributed by atoms with Crippen LogP contribution in [0.2, 0.25) is 5.02 Å². The number of halogens is 4. The Balaban J connectivity index is 1.69. The Kier molecular flexibility index (Phi) is 6.58. The molecule has 0 spiro atoms. The van der Waals surface area contributed by atoms with Gasteiger partial charge in [-0.3, -0.25) is 9.59 Å². The molecule has 160 valence electrons. The summed E-state index contributed by atoms with van der Waals surface area (Å²) in [7, 11) is 0. The molecule has 1 N–H and O–H groups in total. The second-order valence-electron chi connectivity index (χ2n) is 7.36. The van der Waals surface area contributed by atoms with Crippen LogP contribution in [0, 0.1) is 5.92 Å². The van der Waals surface area contributed by atoms with Gasteiger partial charge >= 0.3 is 6.18 Å². The fraction of sp³-hybridized carbons (Fsp3) is 0.579.